The Kier molecular flexibility index (Phi) is 4.81. The summed E-state index contributed by atoms with van der Waals surface area (Å²) in [5, 5.41) is 0. The van der Waals surface area contributed by atoms with Crippen LogP contribution in [0.25, 0.3) is 0 Å². The Balaban J connectivity index is 2.10. The van der Waals surface area contributed by atoms with Gasteiger partial charge in [0.2, 0.25) is 0 Å². The minimum Gasteiger partial charge on any atom is -0.495 e. The lowest BCUT2D eigenvalue weighted by molar-refractivity contribution is 0.0384. The Morgan fingerprint density at radius 2 is 2.10 bits per heavy atom. The molecule has 0 aromatic heterocycles. The van der Waals surface area contributed by atoms with E-state index in [-0.39, 0.29) is 0 Å². The second kappa shape index (κ2) is 6.58. The van der Waals surface area contributed by atoms with Crippen molar-refractivity contribution < 1.29 is 14.3 Å². The van der Waals surface area contributed by atoms with Crippen molar-refractivity contribution in [3.63, 3.8) is 0 Å². The third-order valence-electron chi connectivity index (χ3n) is 3.51. The molecule has 4 N–H and O–H groups in total. The predicted molar refractivity (Wildman–Crippen MR) is 76.9 cm³/mol. The molecule has 0 unspecified atom stereocenters. The van der Waals surface area contributed by atoms with Crippen molar-refractivity contribution in [2.45, 2.75) is 6.42 Å². The second-order valence-corrected chi connectivity index (χ2v) is 4.83. The van der Waals surface area contributed by atoms with Crippen molar-refractivity contribution in [2.24, 2.45) is 5.73 Å². The lowest BCUT2D eigenvalue weighted by Crippen LogP contribution is -2.37. The summed E-state index contributed by atoms with van der Waals surface area (Å²) >= 11 is 0. The Morgan fingerprint density at radius 1 is 1.40 bits per heavy atom. The van der Waals surface area contributed by atoms with Gasteiger partial charge >= 0.3 is 0 Å². The van der Waals surface area contributed by atoms with E-state index in [0.29, 0.717) is 17.0 Å². The van der Waals surface area contributed by atoms with Gasteiger partial charge < -0.3 is 20.9 Å². The number of carbonyl (C=O) groups is 1. The Bertz CT molecular complexity index is 485. The fourth-order valence-corrected chi connectivity index (χ4v) is 2.31. The zero-order chi connectivity index (χ0) is 14.5. The fraction of sp³-hybridized carbons (Fsp3) is 0.500. The first-order valence-electron chi connectivity index (χ1n) is 6.68. The SMILES string of the molecule is COc1cc(CCN2CCOCC2)cc(C(N)=O)c1N. The normalized spacial score (nSPS) is 16.1. The van der Waals surface area contributed by atoms with Gasteiger partial charge in [-0.2, -0.15) is 0 Å². The summed E-state index contributed by atoms with van der Waals surface area (Å²) in [5.41, 5.74) is 12.8. The van der Waals surface area contributed by atoms with Gasteiger partial charge in [-0.25, -0.2) is 0 Å². The van der Waals surface area contributed by atoms with E-state index in [9.17, 15) is 4.79 Å². The molecule has 6 nitrogen and oxygen atoms in total. The fourth-order valence-electron chi connectivity index (χ4n) is 2.31. The molecule has 110 valence electrons. The van der Waals surface area contributed by atoms with Gasteiger partial charge in [-0.15, -0.1) is 0 Å². The highest BCUT2D eigenvalue weighted by Crippen LogP contribution is 2.27. The van der Waals surface area contributed by atoms with Gasteiger partial charge in [-0.3, -0.25) is 9.69 Å². The number of rotatable bonds is 5. The molecule has 1 aliphatic heterocycles. The highest BCUT2D eigenvalue weighted by atomic mass is 16.5. The molecule has 20 heavy (non-hydrogen) atoms. The molecule has 1 amide bonds. The van der Waals surface area contributed by atoms with Gasteiger partial charge in [0.25, 0.3) is 5.91 Å². The van der Waals surface area contributed by atoms with E-state index in [1.165, 1.54) is 7.11 Å². The number of primary amides is 1. The van der Waals surface area contributed by atoms with Crippen LogP contribution in [0.1, 0.15) is 15.9 Å². The molecule has 1 aliphatic rings. The maximum atomic E-state index is 11.4. The monoisotopic (exact) mass is 279 g/mol. The van der Waals surface area contributed by atoms with Crippen LogP contribution in [0.5, 0.6) is 5.75 Å². The molecule has 1 fully saturated rings. The highest BCUT2D eigenvalue weighted by Gasteiger charge is 2.14. The highest BCUT2D eigenvalue weighted by molar-refractivity contribution is 5.99. The number of benzene rings is 1. The molecule has 1 aromatic carbocycles. The van der Waals surface area contributed by atoms with Crippen molar-refractivity contribution in [3.8, 4) is 5.75 Å². The summed E-state index contributed by atoms with van der Waals surface area (Å²) in [6.45, 7) is 4.34. The molecule has 0 atom stereocenters. The summed E-state index contributed by atoms with van der Waals surface area (Å²) in [6.07, 6.45) is 0.816. The topological polar surface area (TPSA) is 90.8 Å². The Labute approximate surface area is 118 Å². The molecule has 1 saturated heterocycles. The van der Waals surface area contributed by atoms with Gasteiger partial charge in [0, 0.05) is 19.6 Å². The molecule has 0 aliphatic carbocycles. The number of nitrogens with zero attached hydrogens (tertiary/aromatic N) is 1. The van der Waals surface area contributed by atoms with E-state index in [1.807, 2.05) is 6.07 Å². The molecular weight excluding hydrogens is 258 g/mol. The first-order chi connectivity index (χ1) is 9.61. The van der Waals surface area contributed by atoms with Crippen LogP contribution < -0.4 is 16.2 Å². The maximum Gasteiger partial charge on any atom is 0.250 e. The minimum atomic E-state index is -0.533. The van der Waals surface area contributed by atoms with Crippen LogP contribution in [0.4, 0.5) is 5.69 Å². The quantitative estimate of drug-likeness (QED) is 0.754. The van der Waals surface area contributed by atoms with Crippen molar-refractivity contribution in [1.82, 2.24) is 4.90 Å². The number of carbonyl (C=O) groups excluding carboxylic acids is 1. The van der Waals surface area contributed by atoms with Crippen LogP contribution >= 0.6 is 0 Å². The predicted octanol–water partition coefficient (Wildman–Crippen LogP) is 0.251. The first-order valence-corrected chi connectivity index (χ1v) is 6.68. The number of hydrogen-bond acceptors (Lipinski definition) is 5. The molecule has 1 heterocycles. The summed E-state index contributed by atoms with van der Waals surface area (Å²) in [5.74, 6) is -0.0349. The summed E-state index contributed by atoms with van der Waals surface area (Å²) in [7, 11) is 1.53. The van der Waals surface area contributed by atoms with Crippen molar-refractivity contribution in [3.05, 3.63) is 23.3 Å². The van der Waals surface area contributed by atoms with Crippen LogP contribution in [-0.2, 0) is 11.2 Å². The Hall–Kier alpha value is -1.79. The van der Waals surface area contributed by atoms with E-state index in [1.54, 1.807) is 6.07 Å². The molecular formula is C14H21N3O3. The van der Waals surface area contributed by atoms with Gasteiger partial charge in [-0.05, 0) is 24.1 Å². The van der Waals surface area contributed by atoms with Crippen LogP contribution in [0.15, 0.2) is 12.1 Å². The lowest BCUT2D eigenvalue weighted by Gasteiger charge is -2.26. The molecule has 0 bridgehead atoms. The van der Waals surface area contributed by atoms with Crippen LogP contribution in [0, 0.1) is 0 Å². The first kappa shape index (κ1) is 14.6. The van der Waals surface area contributed by atoms with Crippen molar-refractivity contribution in [2.75, 3.05) is 45.7 Å². The van der Waals surface area contributed by atoms with Crippen LogP contribution in [0.3, 0.4) is 0 Å². The largest absolute Gasteiger partial charge is 0.495 e. The smallest absolute Gasteiger partial charge is 0.250 e. The maximum absolute atomic E-state index is 11.4. The van der Waals surface area contributed by atoms with Crippen LogP contribution in [-0.4, -0.2) is 50.8 Å². The van der Waals surface area contributed by atoms with Gasteiger partial charge in [0.05, 0.1) is 31.6 Å². The Morgan fingerprint density at radius 3 is 2.70 bits per heavy atom. The van der Waals surface area contributed by atoms with Gasteiger partial charge in [-0.1, -0.05) is 0 Å². The third-order valence-corrected chi connectivity index (χ3v) is 3.51. The van der Waals surface area contributed by atoms with E-state index < -0.39 is 5.91 Å². The summed E-state index contributed by atoms with van der Waals surface area (Å²) in [6, 6.07) is 3.61. The number of amides is 1. The van der Waals surface area contributed by atoms with Crippen LogP contribution in [0.2, 0.25) is 0 Å². The molecule has 0 radical (unpaired) electrons. The molecule has 1 aromatic rings. The number of nitrogen functional groups attached to an aromatic ring is 1. The average molecular weight is 279 g/mol. The van der Waals surface area contributed by atoms with E-state index in [4.69, 9.17) is 20.9 Å². The van der Waals surface area contributed by atoms with E-state index in [2.05, 4.69) is 4.90 Å². The average Bonchev–Trinajstić information content (AvgIpc) is 2.47. The number of methoxy groups -OCH3 is 1. The van der Waals surface area contributed by atoms with E-state index in [0.717, 1.165) is 44.8 Å². The zero-order valence-electron chi connectivity index (χ0n) is 11.7. The van der Waals surface area contributed by atoms with Gasteiger partial charge in [0.15, 0.2) is 0 Å². The number of morpholine rings is 1. The third kappa shape index (κ3) is 3.40. The van der Waals surface area contributed by atoms with Gasteiger partial charge in [0.1, 0.15) is 5.75 Å². The second-order valence-electron chi connectivity index (χ2n) is 4.83. The minimum absolute atomic E-state index is 0.301. The lowest BCUT2D eigenvalue weighted by atomic mass is 10.0. The number of ether oxygens (including phenoxy) is 2. The number of hydrogen-bond donors (Lipinski definition) is 2. The number of anilines is 1. The molecule has 0 saturated carbocycles. The van der Waals surface area contributed by atoms with E-state index >= 15 is 0 Å². The summed E-state index contributed by atoms with van der Waals surface area (Å²) < 4.78 is 10.5. The molecule has 6 heteroatoms. The zero-order valence-corrected chi connectivity index (χ0v) is 11.7. The summed E-state index contributed by atoms with van der Waals surface area (Å²) in [4.78, 5) is 13.7. The van der Waals surface area contributed by atoms with Crippen molar-refractivity contribution >= 4 is 11.6 Å². The molecule has 2 rings (SSSR count). The molecule has 0 spiro atoms. The number of nitrogens with two attached hydrogens (primary N) is 2. The van der Waals surface area contributed by atoms with Crippen molar-refractivity contribution in [1.29, 1.82) is 0 Å². The standard InChI is InChI=1S/C14H21N3O3/c1-19-12-9-10(8-11(13(12)15)14(16)18)2-3-17-4-6-20-7-5-17/h8-9H,2-7,15H2,1H3,(H2,16,18).